The van der Waals surface area contributed by atoms with Crippen molar-refractivity contribution in [2.45, 2.75) is 26.2 Å². The fraction of sp³-hybridized carbons (Fsp3) is 0.412. The zero-order chi connectivity index (χ0) is 16.6. The van der Waals surface area contributed by atoms with Gasteiger partial charge in [0.15, 0.2) is 11.5 Å². The van der Waals surface area contributed by atoms with Crippen LogP contribution in [0.4, 0.5) is 0 Å². The molecular formula is C17H18O6. The maximum Gasteiger partial charge on any atom is 0.308 e. The number of esters is 1. The lowest BCUT2D eigenvalue weighted by molar-refractivity contribution is -0.134. The summed E-state index contributed by atoms with van der Waals surface area (Å²) in [5.74, 6) is 1.15. The summed E-state index contributed by atoms with van der Waals surface area (Å²) in [6.45, 7) is 3.33. The van der Waals surface area contributed by atoms with E-state index < -0.39 is 5.97 Å². The van der Waals surface area contributed by atoms with Gasteiger partial charge in [-0.15, -0.1) is 0 Å². The van der Waals surface area contributed by atoms with Crippen LogP contribution < -0.4 is 9.47 Å². The highest BCUT2D eigenvalue weighted by Gasteiger charge is 2.36. The standard InChI is InChI=1S/C17H18O6/c1-9(18)4-11-12-5-15-16(22-8-21-15)6-13(12)17(23-10(2)19)14(11)7-20-3/h5-6,11H,4,7-8H2,1-3H3. The highest BCUT2D eigenvalue weighted by molar-refractivity contribution is 5.86. The van der Waals surface area contributed by atoms with Crippen LogP contribution in [0.1, 0.15) is 37.3 Å². The van der Waals surface area contributed by atoms with E-state index in [1.54, 1.807) is 20.1 Å². The minimum absolute atomic E-state index is 0.0521. The van der Waals surface area contributed by atoms with E-state index in [1.807, 2.05) is 6.07 Å². The topological polar surface area (TPSA) is 71.1 Å². The van der Waals surface area contributed by atoms with E-state index in [4.69, 9.17) is 18.9 Å². The number of ether oxygens (including phenoxy) is 4. The molecule has 6 heteroatoms. The first-order valence-electron chi connectivity index (χ1n) is 7.35. The monoisotopic (exact) mass is 318 g/mol. The molecule has 1 aliphatic heterocycles. The maximum atomic E-state index is 11.7. The molecule has 1 aromatic rings. The predicted molar refractivity (Wildman–Crippen MR) is 81.2 cm³/mol. The summed E-state index contributed by atoms with van der Waals surface area (Å²) in [7, 11) is 1.57. The first kappa shape index (κ1) is 15.6. The highest BCUT2D eigenvalue weighted by atomic mass is 16.7. The van der Waals surface area contributed by atoms with Crippen LogP contribution in [0.3, 0.4) is 0 Å². The van der Waals surface area contributed by atoms with Gasteiger partial charge >= 0.3 is 5.97 Å². The molecule has 23 heavy (non-hydrogen) atoms. The number of carbonyl (C=O) groups is 2. The molecule has 0 fully saturated rings. The van der Waals surface area contributed by atoms with Gasteiger partial charge in [-0.05, 0) is 24.6 Å². The van der Waals surface area contributed by atoms with Gasteiger partial charge in [0, 0.05) is 37.5 Å². The Morgan fingerprint density at radius 1 is 1.22 bits per heavy atom. The van der Waals surface area contributed by atoms with E-state index in [1.165, 1.54) is 6.92 Å². The number of Topliss-reactive ketones (excluding diaryl/α,β-unsaturated/α-hetero) is 1. The largest absolute Gasteiger partial charge is 0.454 e. The van der Waals surface area contributed by atoms with Crippen molar-refractivity contribution in [3.8, 4) is 11.5 Å². The molecule has 3 rings (SSSR count). The molecule has 1 atom stereocenters. The summed E-state index contributed by atoms with van der Waals surface area (Å²) < 4.78 is 21.5. The van der Waals surface area contributed by atoms with Crippen LogP contribution in [-0.4, -0.2) is 32.3 Å². The number of carbonyl (C=O) groups excluding carboxylic acids is 2. The number of fused-ring (bicyclic) bond motifs is 2. The number of benzene rings is 1. The van der Waals surface area contributed by atoms with Gasteiger partial charge in [0.2, 0.25) is 6.79 Å². The minimum Gasteiger partial charge on any atom is -0.454 e. The molecule has 122 valence electrons. The zero-order valence-corrected chi connectivity index (χ0v) is 13.3. The van der Waals surface area contributed by atoms with Gasteiger partial charge in [0.1, 0.15) is 11.5 Å². The van der Waals surface area contributed by atoms with Crippen molar-refractivity contribution in [3.63, 3.8) is 0 Å². The van der Waals surface area contributed by atoms with Crippen LogP contribution in [0.15, 0.2) is 17.7 Å². The van der Waals surface area contributed by atoms with Crippen LogP contribution in [0.2, 0.25) is 0 Å². The predicted octanol–water partition coefficient (Wildman–Crippen LogP) is 2.41. The van der Waals surface area contributed by atoms with Crippen molar-refractivity contribution in [1.29, 1.82) is 0 Å². The van der Waals surface area contributed by atoms with E-state index in [-0.39, 0.29) is 25.1 Å². The van der Waals surface area contributed by atoms with Gasteiger partial charge in [-0.2, -0.15) is 0 Å². The van der Waals surface area contributed by atoms with Gasteiger partial charge in [-0.1, -0.05) is 0 Å². The first-order chi connectivity index (χ1) is 11.0. The molecule has 0 aromatic heterocycles. The van der Waals surface area contributed by atoms with E-state index in [9.17, 15) is 9.59 Å². The molecule has 0 amide bonds. The fourth-order valence-electron chi connectivity index (χ4n) is 3.07. The Morgan fingerprint density at radius 2 is 1.91 bits per heavy atom. The lowest BCUT2D eigenvalue weighted by Crippen LogP contribution is -2.09. The molecule has 2 aliphatic rings. The number of ketones is 1. The molecule has 0 spiro atoms. The third-order valence-electron chi connectivity index (χ3n) is 3.91. The van der Waals surface area contributed by atoms with E-state index in [2.05, 4.69) is 0 Å². The van der Waals surface area contributed by atoms with Crippen molar-refractivity contribution in [2.75, 3.05) is 20.5 Å². The van der Waals surface area contributed by atoms with E-state index in [0.29, 0.717) is 23.7 Å². The quantitative estimate of drug-likeness (QED) is 0.777. The van der Waals surface area contributed by atoms with Crippen molar-refractivity contribution < 1.29 is 28.5 Å². The smallest absolute Gasteiger partial charge is 0.308 e. The lowest BCUT2D eigenvalue weighted by atomic mass is 9.91. The van der Waals surface area contributed by atoms with Gasteiger partial charge in [0.05, 0.1) is 6.61 Å². The molecule has 1 aromatic carbocycles. The summed E-state index contributed by atoms with van der Waals surface area (Å²) in [5.41, 5.74) is 2.44. The second kappa shape index (κ2) is 6.04. The summed E-state index contributed by atoms with van der Waals surface area (Å²) in [4.78, 5) is 23.2. The van der Waals surface area contributed by atoms with Gasteiger partial charge in [0.25, 0.3) is 0 Å². The Morgan fingerprint density at radius 3 is 2.52 bits per heavy atom. The number of hydrogen-bond donors (Lipinski definition) is 0. The van der Waals surface area contributed by atoms with Gasteiger partial charge < -0.3 is 18.9 Å². The van der Waals surface area contributed by atoms with Crippen molar-refractivity contribution in [2.24, 2.45) is 0 Å². The molecule has 0 radical (unpaired) electrons. The molecule has 0 saturated carbocycles. The van der Waals surface area contributed by atoms with Crippen LogP contribution in [0, 0.1) is 0 Å². The van der Waals surface area contributed by atoms with Crippen molar-refractivity contribution in [1.82, 2.24) is 0 Å². The van der Waals surface area contributed by atoms with Gasteiger partial charge in [-0.25, -0.2) is 0 Å². The van der Waals surface area contributed by atoms with E-state index in [0.717, 1.165) is 16.7 Å². The van der Waals surface area contributed by atoms with Gasteiger partial charge in [-0.3, -0.25) is 9.59 Å². The minimum atomic E-state index is -0.416. The van der Waals surface area contributed by atoms with Crippen molar-refractivity contribution in [3.05, 3.63) is 28.8 Å². The summed E-state index contributed by atoms with van der Waals surface area (Å²) in [6, 6.07) is 3.66. The average Bonchev–Trinajstić information content (AvgIpc) is 3.02. The second-order valence-electron chi connectivity index (χ2n) is 5.63. The fourth-order valence-corrected chi connectivity index (χ4v) is 3.07. The molecule has 0 N–H and O–H groups in total. The third kappa shape index (κ3) is 2.82. The lowest BCUT2D eigenvalue weighted by Gasteiger charge is -2.14. The summed E-state index contributed by atoms with van der Waals surface area (Å²) >= 11 is 0. The number of methoxy groups -OCH3 is 1. The van der Waals surface area contributed by atoms with Crippen LogP contribution in [-0.2, 0) is 19.1 Å². The maximum absolute atomic E-state index is 11.7. The van der Waals surface area contributed by atoms with Crippen LogP contribution in [0.25, 0.3) is 5.76 Å². The molecular weight excluding hydrogens is 300 g/mol. The second-order valence-corrected chi connectivity index (χ2v) is 5.63. The average molecular weight is 318 g/mol. The number of hydrogen-bond acceptors (Lipinski definition) is 6. The van der Waals surface area contributed by atoms with Crippen LogP contribution >= 0.6 is 0 Å². The molecule has 0 saturated heterocycles. The third-order valence-corrected chi connectivity index (χ3v) is 3.91. The SMILES string of the molecule is COCC1=C(OC(C)=O)c2cc3c(cc2C1CC(C)=O)OCO3. The number of rotatable bonds is 5. The molecule has 6 nitrogen and oxygen atoms in total. The Hall–Kier alpha value is -2.34. The van der Waals surface area contributed by atoms with Crippen molar-refractivity contribution >= 4 is 17.5 Å². The Kier molecular flexibility index (Phi) is 4.09. The molecule has 1 heterocycles. The Bertz CT molecular complexity index is 703. The molecule has 1 aliphatic carbocycles. The first-order valence-corrected chi connectivity index (χ1v) is 7.35. The zero-order valence-electron chi connectivity index (χ0n) is 13.3. The summed E-state index contributed by atoms with van der Waals surface area (Å²) in [5, 5.41) is 0. The Balaban J connectivity index is 2.13. The normalized spacial score (nSPS) is 18.1. The molecule has 0 bridgehead atoms. The van der Waals surface area contributed by atoms with E-state index >= 15 is 0 Å². The Labute approximate surface area is 134 Å². The molecule has 1 unspecified atom stereocenters. The summed E-state index contributed by atoms with van der Waals surface area (Å²) in [6.07, 6.45) is 0.316. The highest BCUT2D eigenvalue weighted by Crippen LogP contribution is 2.49. The van der Waals surface area contributed by atoms with Crippen LogP contribution in [0.5, 0.6) is 11.5 Å².